The summed E-state index contributed by atoms with van der Waals surface area (Å²) < 4.78 is 2.18. The number of alkyl halides is 1. The third-order valence-electron chi connectivity index (χ3n) is 4.55. The molecule has 0 aromatic carbocycles. The van der Waals surface area contributed by atoms with Gasteiger partial charge in [0.1, 0.15) is 11.3 Å². The lowest BCUT2D eigenvalue weighted by atomic mass is 10.2. The van der Waals surface area contributed by atoms with Crippen LogP contribution in [0.15, 0.2) is 12.1 Å². The van der Waals surface area contributed by atoms with Gasteiger partial charge in [-0.3, -0.25) is 0 Å². The molecular weight excluding hydrogens is 284 g/mol. The monoisotopic (exact) mass is 306 g/mol. The molecule has 0 aliphatic heterocycles. The number of hydrogen-bond donors (Lipinski definition) is 0. The van der Waals surface area contributed by atoms with Crippen LogP contribution in [-0.4, -0.2) is 39.1 Å². The Bertz CT molecular complexity index is 616. The highest BCUT2D eigenvalue weighted by Gasteiger charge is 2.20. The number of fused-ring (bicyclic) bond motifs is 1. The van der Waals surface area contributed by atoms with E-state index in [1.807, 2.05) is 19.1 Å². The van der Waals surface area contributed by atoms with Gasteiger partial charge >= 0.3 is 0 Å². The Morgan fingerprint density at radius 1 is 1.29 bits per heavy atom. The fourth-order valence-electron chi connectivity index (χ4n) is 3.27. The summed E-state index contributed by atoms with van der Waals surface area (Å²) in [5, 5.41) is 0. The van der Waals surface area contributed by atoms with Crippen LogP contribution in [0.1, 0.15) is 37.2 Å². The van der Waals surface area contributed by atoms with Crippen LogP contribution in [0.3, 0.4) is 0 Å². The highest BCUT2D eigenvalue weighted by Crippen LogP contribution is 2.23. The molecule has 3 rings (SSSR count). The summed E-state index contributed by atoms with van der Waals surface area (Å²) in [4.78, 5) is 11.7. The Morgan fingerprint density at radius 3 is 2.76 bits per heavy atom. The summed E-state index contributed by atoms with van der Waals surface area (Å²) in [6, 6.07) is 4.78. The number of rotatable bonds is 5. The molecule has 1 fully saturated rings. The maximum atomic E-state index is 6.06. The molecule has 2 aromatic heterocycles. The molecule has 1 saturated carbocycles. The fraction of sp³-hybridized carbons (Fsp3) is 0.625. The zero-order valence-corrected chi connectivity index (χ0v) is 13.6. The first-order valence-corrected chi connectivity index (χ1v) is 8.31. The van der Waals surface area contributed by atoms with E-state index in [1.165, 1.54) is 25.7 Å². The summed E-state index contributed by atoms with van der Waals surface area (Å²) in [6.45, 7) is 3.94. The molecule has 0 unspecified atom stereocenters. The van der Waals surface area contributed by atoms with E-state index in [9.17, 15) is 0 Å². The number of aryl methyl sites for hydroxylation is 1. The van der Waals surface area contributed by atoms with Crippen LogP contribution in [-0.2, 0) is 12.4 Å². The lowest BCUT2D eigenvalue weighted by Gasteiger charge is -2.24. The Hall–Kier alpha value is -1.13. The van der Waals surface area contributed by atoms with E-state index < -0.39 is 0 Å². The predicted molar refractivity (Wildman–Crippen MR) is 86.7 cm³/mol. The summed E-state index contributed by atoms with van der Waals surface area (Å²) in [5.41, 5.74) is 2.93. The van der Waals surface area contributed by atoms with Crippen LogP contribution in [0.5, 0.6) is 0 Å². The average Bonchev–Trinajstić information content (AvgIpc) is 3.12. The second kappa shape index (κ2) is 6.32. The smallest absolute Gasteiger partial charge is 0.160 e. The first-order valence-electron chi connectivity index (χ1n) is 7.78. The second-order valence-corrected chi connectivity index (χ2v) is 6.29. The third-order valence-corrected chi connectivity index (χ3v) is 4.79. The van der Waals surface area contributed by atoms with Crippen LogP contribution >= 0.6 is 11.6 Å². The minimum atomic E-state index is 0.433. The largest absolute Gasteiger partial charge is 0.310 e. The summed E-state index contributed by atoms with van der Waals surface area (Å²) >= 11 is 6.06. The van der Waals surface area contributed by atoms with Gasteiger partial charge in [-0.15, -0.1) is 11.6 Å². The van der Waals surface area contributed by atoms with Gasteiger partial charge in [-0.25, -0.2) is 9.97 Å². The van der Waals surface area contributed by atoms with Crippen molar-refractivity contribution in [3.8, 4) is 0 Å². The number of halogens is 1. The number of nitrogens with zero attached hydrogens (tertiary/aromatic N) is 4. The van der Waals surface area contributed by atoms with Gasteiger partial charge in [0, 0.05) is 24.8 Å². The zero-order chi connectivity index (χ0) is 14.8. The van der Waals surface area contributed by atoms with Gasteiger partial charge in [-0.1, -0.05) is 12.8 Å². The molecule has 0 spiro atoms. The van der Waals surface area contributed by atoms with Crippen molar-refractivity contribution >= 4 is 22.8 Å². The van der Waals surface area contributed by atoms with Crippen molar-refractivity contribution in [1.29, 1.82) is 0 Å². The first kappa shape index (κ1) is 14.8. The molecule has 114 valence electrons. The average molecular weight is 307 g/mol. The summed E-state index contributed by atoms with van der Waals surface area (Å²) in [5.74, 6) is 1.35. The van der Waals surface area contributed by atoms with Gasteiger partial charge in [0.25, 0.3) is 0 Å². The molecule has 0 N–H and O–H groups in total. The lowest BCUT2D eigenvalue weighted by Crippen LogP contribution is -2.32. The van der Waals surface area contributed by atoms with Crippen LogP contribution < -0.4 is 0 Å². The predicted octanol–water partition coefficient (Wildman–Crippen LogP) is 3.35. The van der Waals surface area contributed by atoms with E-state index >= 15 is 0 Å². The highest BCUT2D eigenvalue weighted by atomic mass is 35.5. The number of likely N-dealkylation sites (N-methyl/N-ethyl adjacent to an activating group) is 1. The van der Waals surface area contributed by atoms with E-state index in [0.717, 1.165) is 41.8 Å². The summed E-state index contributed by atoms with van der Waals surface area (Å²) in [7, 11) is 2.23. The van der Waals surface area contributed by atoms with Crippen LogP contribution in [0.2, 0.25) is 0 Å². The second-order valence-electron chi connectivity index (χ2n) is 6.03. The van der Waals surface area contributed by atoms with Crippen molar-refractivity contribution in [3.05, 3.63) is 23.7 Å². The number of hydrogen-bond acceptors (Lipinski definition) is 3. The van der Waals surface area contributed by atoms with Gasteiger partial charge in [0.05, 0.1) is 5.88 Å². The molecule has 4 nitrogen and oxygen atoms in total. The van der Waals surface area contributed by atoms with Crippen molar-refractivity contribution in [2.75, 3.05) is 13.6 Å². The van der Waals surface area contributed by atoms with E-state index in [-0.39, 0.29) is 0 Å². The van der Waals surface area contributed by atoms with Crippen LogP contribution in [0.25, 0.3) is 11.2 Å². The van der Waals surface area contributed by atoms with Gasteiger partial charge in [0.2, 0.25) is 0 Å². The summed E-state index contributed by atoms with van der Waals surface area (Å²) in [6.07, 6.45) is 5.41. The highest BCUT2D eigenvalue weighted by molar-refractivity contribution is 6.16. The van der Waals surface area contributed by atoms with Gasteiger partial charge < -0.3 is 9.47 Å². The maximum absolute atomic E-state index is 6.06. The maximum Gasteiger partial charge on any atom is 0.160 e. The van der Waals surface area contributed by atoms with E-state index in [1.54, 1.807) is 0 Å². The van der Waals surface area contributed by atoms with Gasteiger partial charge in [-0.05, 0) is 38.9 Å². The topological polar surface area (TPSA) is 34.0 Å². The minimum absolute atomic E-state index is 0.433. The normalized spacial score (nSPS) is 16.4. The van der Waals surface area contributed by atoms with Gasteiger partial charge in [0.15, 0.2) is 5.65 Å². The Kier molecular flexibility index (Phi) is 4.45. The van der Waals surface area contributed by atoms with E-state index in [0.29, 0.717) is 5.88 Å². The van der Waals surface area contributed by atoms with Crippen molar-refractivity contribution in [2.24, 2.45) is 0 Å². The quantitative estimate of drug-likeness (QED) is 0.794. The molecule has 0 amide bonds. The van der Waals surface area contributed by atoms with Crippen molar-refractivity contribution in [3.63, 3.8) is 0 Å². The number of pyridine rings is 1. The molecule has 2 aromatic rings. The minimum Gasteiger partial charge on any atom is -0.310 e. The molecule has 0 radical (unpaired) electrons. The molecule has 1 aliphatic carbocycles. The van der Waals surface area contributed by atoms with Gasteiger partial charge in [-0.2, -0.15) is 0 Å². The number of aromatic nitrogens is 3. The van der Waals surface area contributed by atoms with Crippen LogP contribution in [0, 0.1) is 6.92 Å². The van der Waals surface area contributed by atoms with Crippen molar-refractivity contribution < 1.29 is 0 Å². The molecule has 0 saturated heterocycles. The number of imidazole rings is 1. The van der Waals surface area contributed by atoms with Crippen molar-refractivity contribution in [2.45, 2.75) is 51.1 Å². The Labute approximate surface area is 131 Å². The molecule has 0 bridgehead atoms. The molecular formula is C16H23ClN4. The fourth-order valence-corrected chi connectivity index (χ4v) is 3.47. The molecule has 21 heavy (non-hydrogen) atoms. The SMILES string of the molecule is Cc1ccc2nc(CCl)n(CCN(C)C3CCCC3)c2n1. The third kappa shape index (κ3) is 3.06. The van der Waals surface area contributed by atoms with Crippen LogP contribution in [0.4, 0.5) is 0 Å². The molecule has 2 heterocycles. The Balaban J connectivity index is 1.80. The standard InChI is InChI=1S/C16H23ClN4/c1-12-7-8-14-16(18-12)21(15(11-17)19-14)10-9-20(2)13-5-3-4-6-13/h7-8,13H,3-6,9-11H2,1-2H3. The lowest BCUT2D eigenvalue weighted by molar-refractivity contribution is 0.236. The zero-order valence-electron chi connectivity index (χ0n) is 12.8. The van der Waals surface area contributed by atoms with E-state index in [2.05, 4.69) is 26.5 Å². The van der Waals surface area contributed by atoms with Crippen molar-refractivity contribution in [1.82, 2.24) is 19.4 Å². The van der Waals surface area contributed by atoms with E-state index in [4.69, 9.17) is 11.6 Å². The molecule has 1 aliphatic rings. The first-order chi connectivity index (χ1) is 10.2. The Morgan fingerprint density at radius 2 is 2.05 bits per heavy atom. The molecule has 0 atom stereocenters. The molecule has 5 heteroatoms.